The summed E-state index contributed by atoms with van der Waals surface area (Å²) in [5.41, 5.74) is -1.67. The Balaban J connectivity index is 2.36. The molecule has 1 aliphatic heterocycles. The summed E-state index contributed by atoms with van der Waals surface area (Å²) in [4.78, 5) is 13.6. The molecule has 1 aromatic rings. The van der Waals surface area contributed by atoms with E-state index in [1.54, 1.807) is 6.92 Å². The van der Waals surface area contributed by atoms with Gasteiger partial charge in [0.2, 0.25) is 0 Å². The van der Waals surface area contributed by atoms with Crippen LogP contribution in [0.3, 0.4) is 0 Å². The molecule has 0 aromatic heterocycles. The lowest BCUT2D eigenvalue weighted by molar-refractivity contribution is -0.152. The lowest BCUT2D eigenvalue weighted by Crippen LogP contribution is -2.51. The number of aliphatic carboxylic acids is 1. The second-order valence-electron chi connectivity index (χ2n) is 5.50. The summed E-state index contributed by atoms with van der Waals surface area (Å²) >= 11 is 0. The quantitative estimate of drug-likeness (QED) is 0.929. The molecule has 0 bridgehead atoms. The van der Waals surface area contributed by atoms with Gasteiger partial charge < -0.3 is 5.11 Å². The predicted molar refractivity (Wildman–Crippen MR) is 71.9 cm³/mol. The number of hydrogen-bond acceptors (Lipinski definition) is 2. The highest BCUT2D eigenvalue weighted by Crippen LogP contribution is 2.34. The van der Waals surface area contributed by atoms with Crippen LogP contribution >= 0.6 is 0 Å². The van der Waals surface area contributed by atoms with E-state index in [1.807, 2.05) is 4.90 Å². The monoisotopic (exact) mass is 301 g/mol. The molecule has 1 fully saturated rings. The zero-order valence-corrected chi connectivity index (χ0v) is 11.8. The van der Waals surface area contributed by atoms with Gasteiger partial charge in [-0.25, -0.2) is 4.79 Å². The van der Waals surface area contributed by atoms with Crippen LogP contribution in [-0.4, -0.2) is 29.1 Å². The summed E-state index contributed by atoms with van der Waals surface area (Å²) in [6.45, 7) is 2.84. The molecule has 1 atom stereocenters. The molecule has 1 saturated heterocycles. The Morgan fingerprint density at radius 3 is 1.95 bits per heavy atom. The van der Waals surface area contributed by atoms with Gasteiger partial charge in [-0.05, 0) is 50.6 Å². The first-order valence-electron chi connectivity index (χ1n) is 6.92. The number of hydrogen-bond donors (Lipinski definition) is 1. The number of benzene rings is 1. The van der Waals surface area contributed by atoms with Gasteiger partial charge in [0.25, 0.3) is 0 Å². The van der Waals surface area contributed by atoms with Gasteiger partial charge in [-0.1, -0.05) is 18.6 Å². The van der Waals surface area contributed by atoms with Crippen LogP contribution in [0.5, 0.6) is 0 Å². The number of carboxylic acid groups (broad SMARTS) is 1. The SMILES string of the molecule is CC(C(=O)O)(c1ccc(C(F)(F)F)cc1)N1CCCCC1. The van der Waals surface area contributed by atoms with E-state index in [0.29, 0.717) is 18.7 Å². The van der Waals surface area contributed by atoms with E-state index in [-0.39, 0.29) is 0 Å². The predicted octanol–water partition coefficient (Wildman–Crippen LogP) is 3.49. The summed E-state index contributed by atoms with van der Waals surface area (Å²) in [7, 11) is 0. The molecule has 1 heterocycles. The smallest absolute Gasteiger partial charge is 0.416 e. The summed E-state index contributed by atoms with van der Waals surface area (Å²) < 4.78 is 37.8. The highest BCUT2D eigenvalue weighted by Gasteiger charge is 2.42. The van der Waals surface area contributed by atoms with Gasteiger partial charge in [0.15, 0.2) is 0 Å². The van der Waals surface area contributed by atoms with Crippen molar-refractivity contribution in [2.45, 2.75) is 37.9 Å². The zero-order valence-electron chi connectivity index (χ0n) is 11.8. The van der Waals surface area contributed by atoms with E-state index in [1.165, 1.54) is 12.1 Å². The fourth-order valence-corrected chi connectivity index (χ4v) is 2.77. The average molecular weight is 301 g/mol. The van der Waals surface area contributed by atoms with E-state index in [2.05, 4.69) is 0 Å². The molecule has 3 nitrogen and oxygen atoms in total. The Morgan fingerprint density at radius 1 is 1.05 bits per heavy atom. The Labute approximate surface area is 121 Å². The third-order valence-corrected chi connectivity index (χ3v) is 4.18. The van der Waals surface area contributed by atoms with Crippen molar-refractivity contribution in [3.05, 3.63) is 35.4 Å². The number of carbonyl (C=O) groups is 1. The Bertz CT molecular complexity index is 507. The van der Waals surface area contributed by atoms with E-state index in [0.717, 1.165) is 31.4 Å². The largest absolute Gasteiger partial charge is 0.480 e. The molecule has 1 unspecified atom stereocenters. The van der Waals surface area contributed by atoms with Gasteiger partial charge >= 0.3 is 12.1 Å². The first-order valence-corrected chi connectivity index (χ1v) is 6.92. The molecule has 6 heteroatoms. The van der Waals surface area contributed by atoms with Gasteiger partial charge in [0.05, 0.1) is 5.56 Å². The molecule has 0 spiro atoms. The van der Waals surface area contributed by atoms with E-state index in [4.69, 9.17) is 0 Å². The highest BCUT2D eigenvalue weighted by molar-refractivity contribution is 5.80. The normalized spacial score (nSPS) is 20.0. The van der Waals surface area contributed by atoms with Crippen molar-refractivity contribution in [1.29, 1.82) is 0 Å². The van der Waals surface area contributed by atoms with Crippen molar-refractivity contribution in [3.8, 4) is 0 Å². The van der Waals surface area contributed by atoms with Crippen molar-refractivity contribution in [2.75, 3.05) is 13.1 Å². The van der Waals surface area contributed by atoms with Crippen LogP contribution in [0, 0.1) is 0 Å². The Kier molecular flexibility index (Phi) is 4.27. The first kappa shape index (κ1) is 15.8. The van der Waals surface area contributed by atoms with Crippen LogP contribution in [0.2, 0.25) is 0 Å². The molecule has 1 aliphatic rings. The van der Waals surface area contributed by atoms with E-state index >= 15 is 0 Å². The summed E-state index contributed by atoms with van der Waals surface area (Å²) in [5, 5.41) is 9.60. The van der Waals surface area contributed by atoms with Crippen LogP contribution in [0.1, 0.15) is 37.3 Å². The Hall–Kier alpha value is -1.56. The van der Waals surface area contributed by atoms with Crippen molar-refractivity contribution >= 4 is 5.97 Å². The van der Waals surface area contributed by atoms with E-state index < -0.39 is 23.2 Å². The molecular formula is C15H18F3NO2. The van der Waals surface area contributed by atoms with Crippen LogP contribution in [0.4, 0.5) is 13.2 Å². The molecule has 21 heavy (non-hydrogen) atoms. The number of rotatable bonds is 3. The molecular weight excluding hydrogens is 283 g/mol. The van der Waals surface area contributed by atoms with Gasteiger partial charge in [0.1, 0.15) is 5.54 Å². The fraction of sp³-hybridized carbons (Fsp3) is 0.533. The zero-order chi connectivity index (χ0) is 15.7. The number of halogens is 3. The third kappa shape index (κ3) is 3.05. The van der Waals surface area contributed by atoms with Gasteiger partial charge in [-0.3, -0.25) is 4.90 Å². The number of piperidine rings is 1. The van der Waals surface area contributed by atoms with E-state index in [9.17, 15) is 23.1 Å². The highest BCUT2D eigenvalue weighted by atomic mass is 19.4. The molecule has 2 rings (SSSR count). The second kappa shape index (κ2) is 5.67. The lowest BCUT2D eigenvalue weighted by atomic mass is 9.87. The fourth-order valence-electron chi connectivity index (χ4n) is 2.77. The number of alkyl halides is 3. The van der Waals surface area contributed by atoms with Crippen LogP contribution in [-0.2, 0) is 16.5 Å². The Morgan fingerprint density at radius 2 is 1.52 bits per heavy atom. The van der Waals surface area contributed by atoms with Gasteiger partial charge in [0, 0.05) is 0 Å². The lowest BCUT2D eigenvalue weighted by Gasteiger charge is -2.40. The maximum absolute atomic E-state index is 12.6. The minimum absolute atomic E-state index is 0.380. The second-order valence-corrected chi connectivity index (χ2v) is 5.50. The number of nitrogens with zero attached hydrogens (tertiary/aromatic N) is 1. The summed E-state index contributed by atoms with van der Waals surface area (Å²) in [6, 6.07) is 4.43. The molecule has 116 valence electrons. The van der Waals surface area contributed by atoms with Gasteiger partial charge in [-0.2, -0.15) is 13.2 Å². The van der Waals surface area contributed by atoms with Crippen LogP contribution < -0.4 is 0 Å². The molecule has 0 saturated carbocycles. The minimum atomic E-state index is -4.41. The summed E-state index contributed by atoms with van der Waals surface area (Å²) in [6.07, 6.45) is -1.55. The van der Waals surface area contributed by atoms with Crippen molar-refractivity contribution in [1.82, 2.24) is 4.90 Å². The maximum Gasteiger partial charge on any atom is 0.416 e. The van der Waals surface area contributed by atoms with Crippen LogP contribution in [0.15, 0.2) is 24.3 Å². The van der Waals surface area contributed by atoms with Gasteiger partial charge in [-0.15, -0.1) is 0 Å². The molecule has 0 radical (unpaired) electrons. The van der Waals surface area contributed by atoms with Crippen molar-refractivity contribution in [2.24, 2.45) is 0 Å². The standard InChI is InChI=1S/C15H18F3NO2/c1-14(13(20)21,19-9-3-2-4-10-19)11-5-7-12(8-6-11)15(16,17)18/h5-8H,2-4,9-10H2,1H3,(H,20,21). The number of likely N-dealkylation sites (tertiary alicyclic amines) is 1. The van der Waals surface area contributed by atoms with Crippen molar-refractivity contribution < 1.29 is 23.1 Å². The van der Waals surface area contributed by atoms with Crippen molar-refractivity contribution in [3.63, 3.8) is 0 Å². The average Bonchev–Trinajstić information content (AvgIpc) is 2.46. The molecule has 0 amide bonds. The maximum atomic E-state index is 12.6. The molecule has 1 aromatic carbocycles. The molecule has 1 N–H and O–H groups in total. The third-order valence-electron chi connectivity index (χ3n) is 4.18. The number of carboxylic acids is 1. The first-order chi connectivity index (χ1) is 9.76. The molecule has 0 aliphatic carbocycles. The topological polar surface area (TPSA) is 40.5 Å². The summed E-state index contributed by atoms with van der Waals surface area (Å²) in [5.74, 6) is -1.04. The van der Waals surface area contributed by atoms with Crippen LogP contribution in [0.25, 0.3) is 0 Å². The minimum Gasteiger partial charge on any atom is -0.480 e.